The number of aromatic amines is 1. The van der Waals surface area contributed by atoms with Crippen molar-refractivity contribution >= 4 is 28.4 Å². The molecule has 4 heteroatoms. The number of hydrogen-bond donors (Lipinski definition) is 1. The van der Waals surface area contributed by atoms with Gasteiger partial charge in [0.05, 0.1) is 6.42 Å². The Hall–Kier alpha value is -2.26. The lowest BCUT2D eigenvalue weighted by atomic mass is 10.0. The molecule has 1 aromatic heterocycles. The van der Waals surface area contributed by atoms with Crippen LogP contribution in [0.3, 0.4) is 0 Å². The number of H-pyrrole nitrogens is 1. The zero-order valence-corrected chi connectivity index (χ0v) is 13.4. The molecule has 23 heavy (non-hydrogen) atoms. The van der Waals surface area contributed by atoms with E-state index in [-0.39, 0.29) is 5.91 Å². The monoisotopic (exact) mass is 324 g/mol. The van der Waals surface area contributed by atoms with E-state index >= 15 is 0 Å². The van der Waals surface area contributed by atoms with Gasteiger partial charge in [-0.3, -0.25) is 4.79 Å². The molecule has 116 valence electrons. The maximum absolute atomic E-state index is 12.6. The lowest BCUT2D eigenvalue weighted by molar-refractivity contribution is -0.131. The first-order valence-corrected chi connectivity index (χ1v) is 8.19. The Kier molecular flexibility index (Phi) is 3.58. The second-order valence-corrected chi connectivity index (χ2v) is 6.44. The number of aromatic nitrogens is 1. The van der Waals surface area contributed by atoms with Gasteiger partial charge in [0.25, 0.3) is 0 Å². The molecular formula is C19H17ClN2O. The van der Waals surface area contributed by atoms with E-state index < -0.39 is 0 Å². The predicted octanol–water partition coefficient (Wildman–Crippen LogP) is 3.95. The number of benzene rings is 2. The van der Waals surface area contributed by atoms with Gasteiger partial charge in [0.1, 0.15) is 0 Å². The highest BCUT2D eigenvalue weighted by atomic mass is 35.5. The van der Waals surface area contributed by atoms with E-state index in [0.717, 1.165) is 29.1 Å². The Balaban J connectivity index is 1.58. The van der Waals surface area contributed by atoms with E-state index in [9.17, 15) is 4.79 Å². The summed E-state index contributed by atoms with van der Waals surface area (Å²) in [5.74, 6) is 0.185. The van der Waals surface area contributed by atoms with E-state index in [1.165, 1.54) is 16.6 Å². The van der Waals surface area contributed by atoms with Crippen molar-refractivity contribution in [2.75, 3.05) is 6.54 Å². The lowest BCUT2D eigenvalue weighted by Gasteiger charge is -2.27. The van der Waals surface area contributed by atoms with E-state index in [0.29, 0.717) is 13.0 Å². The van der Waals surface area contributed by atoms with Gasteiger partial charge in [-0.15, -0.1) is 0 Å². The zero-order valence-electron chi connectivity index (χ0n) is 12.7. The molecule has 0 unspecified atom stereocenters. The maximum atomic E-state index is 12.6. The van der Waals surface area contributed by atoms with E-state index in [1.54, 1.807) is 0 Å². The van der Waals surface area contributed by atoms with Crippen LogP contribution in [0.25, 0.3) is 10.9 Å². The number of halogens is 1. The Bertz CT molecular complexity index is 870. The van der Waals surface area contributed by atoms with Crippen LogP contribution in [0, 0.1) is 0 Å². The van der Waals surface area contributed by atoms with Crippen molar-refractivity contribution in [3.8, 4) is 0 Å². The number of carbonyl (C=O) groups is 1. The first kappa shape index (κ1) is 14.3. The van der Waals surface area contributed by atoms with Crippen molar-refractivity contribution in [3.05, 3.63) is 70.4 Å². The number of carbonyl (C=O) groups excluding carboxylic acids is 1. The molecule has 2 aromatic carbocycles. The van der Waals surface area contributed by atoms with Gasteiger partial charge in [0, 0.05) is 46.7 Å². The lowest BCUT2D eigenvalue weighted by Crippen LogP contribution is -2.36. The number of fused-ring (bicyclic) bond motifs is 3. The predicted molar refractivity (Wildman–Crippen MR) is 92.6 cm³/mol. The van der Waals surface area contributed by atoms with Gasteiger partial charge in [-0.2, -0.15) is 0 Å². The molecule has 1 N–H and O–H groups in total. The minimum absolute atomic E-state index is 0.185. The van der Waals surface area contributed by atoms with E-state index in [2.05, 4.69) is 4.98 Å². The SMILES string of the molecule is O=C(Cc1ccccc1)N1CCc2[nH]c3cc(Cl)ccc3c2C1. The molecule has 0 radical (unpaired) electrons. The van der Waals surface area contributed by atoms with E-state index in [1.807, 2.05) is 53.4 Å². The van der Waals surface area contributed by atoms with Crippen molar-refractivity contribution in [1.29, 1.82) is 0 Å². The topological polar surface area (TPSA) is 36.1 Å². The first-order chi connectivity index (χ1) is 11.2. The Morgan fingerprint density at radius 1 is 1.17 bits per heavy atom. The van der Waals surface area contributed by atoms with Crippen molar-refractivity contribution < 1.29 is 4.79 Å². The average Bonchev–Trinajstić information content (AvgIpc) is 2.92. The van der Waals surface area contributed by atoms with E-state index in [4.69, 9.17) is 11.6 Å². The molecule has 4 rings (SSSR count). The Morgan fingerprint density at radius 3 is 2.83 bits per heavy atom. The number of hydrogen-bond acceptors (Lipinski definition) is 1. The highest BCUT2D eigenvalue weighted by Gasteiger charge is 2.24. The molecule has 0 saturated heterocycles. The minimum atomic E-state index is 0.185. The van der Waals surface area contributed by atoms with Gasteiger partial charge in [-0.05, 0) is 17.7 Å². The number of rotatable bonds is 2. The molecule has 0 spiro atoms. The van der Waals surface area contributed by atoms with Crippen molar-refractivity contribution in [2.24, 2.45) is 0 Å². The van der Waals surface area contributed by atoms with Crippen LogP contribution in [0.15, 0.2) is 48.5 Å². The molecule has 0 atom stereocenters. The van der Waals surface area contributed by atoms with Gasteiger partial charge in [0.15, 0.2) is 0 Å². The van der Waals surface area contributed by atoms with Gasteiger partial charge >= 0.3 is 0 Å². The maximum Gasteiger partial charge on any atom is 0.227 e. The summed E-state index contributed by atoms with van der Waals surface area (Å²) in [7, 11) is 0. The van der Waals surface area contributed by atoms with Crippen LogP contribution < -0.4 is 0 Å². The quantitative estimate of drug-likeness (QED) is 0.761. The molecule has 3 aromatic rings. The average molecular weight is 325 g/mol. The summed E-state index contributed by atoms with van der Waals surface area (Å²) in [5, 5.41) is 1.90. The first-order valence-electron chi connectivity index (χ1n) is 7.81. The fraction of sp³-hybridized carbons (Fsp3) is 0.211. The van der Waals surface area contributed by atoms with Crippen LogP contribution in [-0.2, 0) is 24.2 Å². The van der Waals surface area contributed by atoms with Crippen LogP contribution in [0.2, 0.25) is 5.02 Å². The summed E-state index contributed by atoms with van der Waals surface area (Å²) >= 11 is 6.07. The van der Waals surface area contributed by atoms with Crippen LogP contribution >= 0.6 is 11.6 Å². The summed E-state index contributed by atoms with van der Waals surface area (Å²) in [6.45, 7) is 1.43. The second kappa shape index (κ2) is 5.74. The summed E-state index contributed by atoms with van der Waals surface area (Å²) in [6, 6.07) is 15.8. The van der Waals surface area contributed by atoms with Crippen LogP contribution in [0.1, 0.15) is 16.8 Å². The molecule has 1 aliphatic rings. The van der Waals surface area contributed by atoms with Crippen molar-refractivity contribution in [3.63, 3.8) is 0 Å². The highest BCUT2D eigenvalue weighted by molar-refractivity contribution is 6.31. The highest BCUT2D eigenvalue weighted by Crippen LogP contribution is 2.29. The van der Waals surface area contributed by atoms with Crippen LogP contribution in [-0.4, -0.2) is 22.3 Å². The number of nitrogens with one attached hydrogen (secondary N) is 1. The molecule has 0 bridgehead atoms. The number of nitrogens with zero attached hydrogens (tertiary/aromatic N) is 1. The second-order valence-electron chi connectivity index (χ2n) is 6.00. The third-order valence-corrected chi connectivity index (χ3v) is 4.72. The van der Waals surface area contributed by atoms with Gasteiger partial charge < -0.3 is 9.88 Å². The molecule has 1 amide bonds. The van der Waals surface area contributed by atoms with Gasteiger partial charge in [-0.25, -0.2) is 0 Å². The third kappa shape index (κ3) is 2.73. The largest absolute Gasteiger partial charge is 0.358 e. The summed E-state index contributed by atoms with van der Waals surface area (Å²) in [4.78, 5) is 18.0. The zero-order chi connectivity index (χ0) is 15.8. The fourth-order valence-corrected chi connectivity index (χ4v) is 3.46. The molecule has 0 fully saturated rings. The molecule has 3 nitrogen and oxygen atoms in total. The van der Waals surface area contributed by atoms with Gasteiger partial charge in [-0.1, -0.05) is 48.0 Å². The van der Waals surface area contributed by atoms with Crippen LogP contribution in [0.4, 0.5) is 0 Å². The van der Waals surface area contributed by atoms with Gasteiger partial charge in [0.2, 0.25) is 5.91 Å². The van der Waals surface area contributed by atoms with Crippen LogP contribution in [0.5, 0.6) is 0 Å². The Labute approximate surface area is 139 Å². The molecule has 1 aliphatic heterocycles. The molecular weight excluding hydrogens is 308 g/mol. The Morgan fingerprint density at radius 2 is 2.00 bits per heavy atom. The molecule has 0 saturated carbocycles. The minimum Gasteiger partial charge on any atom is -0.358 e. The molecule has 0 aliphatic carbocycles. The smallest absolute Gasteiger partial charge is 0.227 e. The summed E-state index contributed by atoms with van der Waals surface area (Å²) in [5.41, 5.74) is 4.57. The third-order valence-electron chi connectivity index (χ3n) is 4.49. The van der Waals surface area contributed by atoms with Crippen molar-refractivity contribution in [1.82, 2.24) is 9.88 Å². The number of amides is 1. The fourth-order valence-electron chi connectivity index (χ4n) is 3.29. The van der Waals surface area contributed by atoms with Crippen molar-refractivity contribution in [2.45, 2.75) is 19.4 Å². The standard InChI is InChI=1S/C19H17ClN2O/c20-14-6-7-15-16-12-22(9-8-17(16)21-18(15)11-14)19(23)10-13-4-2-1-3-5-13/h1-7,11,21H,8-10,12H2. The normalized spacial score (nSPS) is 14.0. The summed E-state index contributed by atoms with van der Waals surface area (Å²) < 4.78 is 0. The molecule has 2 heterocycles. The summed E-state index contributed by atoms with van der Waals surface area (Å²) in [6.07, 6.45) is 1.33.